The first-order valence-electron chi connectivity index (χ1n) is 5.70. The maximum absolute atomic E-state index is 11.6. The summed E-state index contributed by atoms with van der Waals surface area (Å²) in [7, 11) is -3.30. The van der Waals surface area contributed by atoms with E-state index >= 15 is 0 Å². The summed E-state index contributed by atoms with van der Waals surface area (Å²) in [5, 5.41) is 8.47. The van der Waals surface area contributed by atoms with E-state index in [1.165, 1.54) is 0 Å². The molecule has 1 aromatic heterocycles. The molecule has 7 heteroatoms. The molecule has 102 valence electrons. The van der Waals surface area contributed by atoms with Crippen molar-refractivity contribution in [3.05, 3.63) is 30.1 Å². The summed E-state index contributed by atoms with van der Waals surface area (Å²) in [6.07, 6.45) is 2.02. The third-order valence-corrected chi connectivity index (χ3v) is 3.54. The van der Waals surface area contributed by atoms with Crippen LogP contribution in [0.15, 0.2) is 24.4 Å². The Morgan fingerprint density at radius 2 is 2.17 bits per heavy atom. The van der Waals surface area contributed by atoms with Gasteiger partial charge in [0.15, 0.2) is 0 Å². The number of aliphatic hydroxyl groups excluding tert-OH is 1. The first-order chi connectivity index (χ1) is 8.64. The van der Waals surface area contributed by atoms with Gasteiger partial charge in [-0.15, -0.1) is 0 Å². The molecule has 0 fully saturated rings. The highest BCUT2D eigenvalue weighted by Gasteiger charge is 2.09. The molecule has 0 bridgehead atoms. The summed E-state index contributed by atoms with van der Waals surface area (Å²) in [5.41, 5.74) is 0.749. The van der Waals surface area contributed by atoms with Gasteiger partial charge in [-0.25, -0.2) is 13.1 Å². The minimum Gasteiger partial charge on any atom is -0.394 e. The third-order valence-electron chi connectivity index (χ3n) is 2.16. The molecule has 0 saturated heterocycles. The van der Waals surface area contributed by atoms with Gasteiger partial charge in [0, 0.05) is 24.9 Å². The van der Waals surface area contributed by atoms with Crippen LogP contribution in [0.2, 0.25) is 0 Å². The second-order valence-corrected chi connectivity index (χ2v) is 5.55. The number of hydrogen-bond donors (Lipinski definition) is 2. The van der Waals surface area contributed by atoms with E-state index in [4.69, 9.17) is 9.84 Å². The zero-order valence-corrected chi connectivity index (χ0v) is 10.9. The van der Waals surface area contributed by atoms with Crippen LogP contribution in [0.4, 0.5) is 0 Å². The average molecular weight is 274 g/mol. The first kappa shape index (κ1) is 15.0. The third kappa shape index (κ3) is 6.65. The van der Waals surface area contributed by atoms with Gasteiger partial charge in [-0.3, -0.25) is 4.98 Å². The number of sulfonamides is 1. The predicted molar refractivity (Wildman–Crippen MR) is 67.6 cm³/mol. The van der Waals surface area contributed by atoms with E-state index in [0.717, 1.165) is 5.69 Å². The molecule has 0 aliphatic heterocycles. The summed E-state index contributed by atoms with van der Waals surface area (Å²) >= 11 is 0. The summed E-state index contributed by atoms with van der Waals surface area (Å²) in [6.45, 7) is 0.621. The summed E-state index contributed by atoms with van der Waals surface area (Å²) < 4.78 is 30.6. The van der Waals surface area contributed by atoms with Crippen molar-refractivity contribution in [2.45, 2.75) is 6.42 Å². The molecule has 6 nitrogen and oxygen atoms in total. The topological polar surface area (TPSA) is 88.5 Å². The number of rotatable bonds is 9. The predicted octanol–water partition coefficient (Wildman–Crippen LogP) is -0.448. The lowest BCUT2D eigenvalue weighted by atomic mass is 10.3. The number of aryl methyl sites for hydroxylation is 1. The van der Waals surface area contributed by atoms with Crippen LogP contribution in [0.5, 0.6) is 0 Å². The van der Waals surface area contributed by atoms with Crippen LogP contribution in [0.3, 0.4) is 0 Å². The molecule has 0 aromatic carbocycles. The van der Waals surface area contributed by atoms with E-state index in [1.54, 1.807) is 18.3 Å². The lowest BCUT2D eigenvalue weighted by molar-refractivity contribution is 0.0961. The molecule has 0 spiro atoms. The lowest BCUT2D eigenvalue weighted by Crippen LogP contribution is -2.30. The Morgan fingerprint density at radius 3 is 2.83 bits per heavy atom. The molecule has 0 amide bonds. The highest BCUT2D eigenvalue weighted by atomic mass is 32.2. The quantitative estimate of drug-likeness (QED) is 0.596. The van der Waals surface area contributed by atoms with Gasteiger partial charge in [0.2, 0.25) is 10.0 Å². The van der Waals surface area contributed by atoms with Gasteiger partial charge in [-0.05, 0) is 12.1 Å². The number of nitrogens with one attached hydrogen (secondary N) is 1. The Morgan fingerprint density at radius 1 is 1.33 bits per heavy atom. The van der Waals surface area contributed by atoms with Crippen LogP contribution in [-0.2, 0) is 21.2 Å². The molecule has 1 aromatic rings. The van der Waals surface area contributed by atoms with E-state index in [1.807, 2.05) is 6.07 Å². The van der Waals surface area contributed by atoms with Crippen molar-refractivity contribution < 1.29 is 18.3 Å². The summed E-state index contributed by atoms with van der Waals surface area (Å²) in [6, 6.07) is 5.40. The van der Waals surface area contributed by atoms with Crippen molar-refractivity contribution >= 4 is 10.0 Å². The van der Waals surface area contributed by atoms with Gasteiger partial charge >= 0.3 is 0 Å². The highest BCUT2D eigenvalue weighted by molar-refractivity contribution is 7.89. The van der Waals surface area contributed by atoms with Crippen LogP contribution >= 0.6 is 0 Å². The molecule has 0 radical (unpaired) electrons. The Bertz CT molecular complexity index is 422. The number of aliphatic hydroxyl groups is 1. The number of nitrogens with zero attached hydrogens (tertiary/aromatic N) is 1. The van der Waals surface area contributed by atoms with Crippen molar-refractivity contribution in [3.63, 3.8) is 0 Å². The molecular weight excluding hydrogens is 256 g/mol. The number of aromatic nitrogens is 1. The molecule has 0 atom stereocenters. The minimum atomic E-state index is -3.30. The van der Waals surface area contributed by atoms with Crippen molar-refractivity contribution in [1.82, 2.24) is 9.71 Å². The van der Waals surface area contributed by atoms with Crippen LogP contribution in [-0.4, -0.2) is 50.6 Å². The van der Waals surface area contributed by atoms with E-state index in [-0.39, 0.29) is 32.1 Å². The fraction of sp³-hybridized carbons (Fsp3) is 0.545. The molecule has 18 heavy (non-hydrogen) atoms. The fourth-order valence-electron chi connectivity index (χ4n) is 1.29. The van der Waals surface area contributed by atoms with Gasteiger partial charge in [-0.2, -0.15) is 0 Å². The SMILES string of the molecule is O=S(=O)(CCc1ccccn1)NCCOCCO. The van der Waals surface area contributed by atoms with Gasteiger partial charge in [-0.1, -0.05) is 6.07 Å². The Labute approximate surface area is 107 Å². The maximum Gasteiger partial charge on any atom is 0.212 e. The number of hydrogen-bond acceptors (Lipinski definition) is 5. The van der Waals surface area contributed by atoms with Crippen molar-refractivity contribution in [2.75, 3.05) is 32.1 Å². The van der Waals surface area contributed by atoms with Gasteiger partial charge < -0.3 is 9.84 Å². The maximum atomic E-state index is 11.6. The second-order valence-electron chi connectivity index (χ2n) is 3.62. The Balaban J connectivity index is 2.23. The normalized spacial score (nSPS) is 11.6. The Kier molecular flexibility index (Phi) is 6.81. The molecule has 1 heterocycles. The molecule has 1 rings (SSSR count). The molecule has 0 aliphatic carbocycles. The molecular formula is C11H18N2O4S. The zero-order valence-electron chi connectivity index (χ0n) is 10.1. The van der Waals surface area contributed by atoms with Gasteiger partial charge in [0.05, 0.1) is 25.6 Å². The monoisotopic (exact) mass is 274 g/mol. The highest BCUT2D eigenvalue weighted by Crippen LogP contribution is 1.97. The zero-order chi connectivity index (χ0) is 13.3. The van der Waals surface area contributed by atoms with Crippen molar-refractivity contribution in [1.29, 1.82) is 0 Å². The van der Waals surface area contributed by atoms with E-state index < -0.39 is 10.0 Å². The van der Waals surface area contributed by atoms with E-state index in [0.29, 0.717) is 6.42 Å². The Hall–Kier alpha value is -1.02. The molecule has 0 unspecified atom stereocenters. The first-order valence-corrected chi connectivity index (χ1v) is 7.35. The minimum absolute atomic E-state index is 0.00398. The van der Waals surface area contributed by atoms with Crippen LogP contribution in [0, 0.1) is 0 Å². The molecule has 0 aliphatic rings. The standard InChI is InChI=1S/C11H18N2O4S/c14-7-9-17-8-6-13-18(15,16)10-4-11-3-1-2-5-12-11/h1-3,5,13-14H,4,6-10H2. The summed E-state index contributed by atoms with van der Waals surface area (Å²) in [5.74, 6) is 0.00398. The van der Waals surface area contributed by atoms with E-state index in [2.05, 4.69) is 9.71 Å². The van der Waals surface area contributed by atoms with Crippen LogP contribution in [0.1, 0.15) is 5.69 Å². The molecule has 0 saturated carbocycles. The number of pyridine rings is 1. The van der Waals surface area contributed by atoms with Crippen molar-refractivity contribution in [2.24, 2.45) is 0 Å². The summed E-state index contributed by atoms with van der Waals surface area (Å²) in [4.78, 5) is 4.06. The molecule has 2 N–H and O–H groups in total. The average Bonchev–Trinajstić information content (AvgIpc) is 2.38. The van der Waals surface area contributed by atoms with Gasteiger partial charge in [0.1, 0.15) is 0 Å². The second kappa shape index (κ2) is 8.15. The fourth-order valence-corrected chi connectivity index (χ4v) is 2.31. The number of ether oxygens (including phenoxy) is 1. The van der Waals surface area contributed by atoms with Crippen LogP contribution in [0.25, 0.3) is 0 Å². The largest absolute Gasteiger partial charge is 0.394 e. The van der Waals surface area contributed by atoms with Crippen molar-refractivity contribution in [3.8, 4) is 0 Å². The van der Waals surface area contributed by atoms with E-state index in [9.17, 15) is 8.42 Å². The smallest absolute Gasteiger partial charge is 0.212 e. The van der Waals surface area contributed by atoms with Crippen LogP contribution < -0.4 is 4.72 Å². The van der Waals surface area contributed by atoms with Gasteiger partial charge in [0.25, 0.3) is 0 Å². The lowest BCUT2D eigenvalue weighted by Gasteiger charge is -2.06.